The summed E-state index contributed by atoms with van der Waals surface area (Å²) in [5, 5.41) is 0.237. The van der Waals surface area contributed by atoms with Gasteiger partial charge in [-0.2, -0.15) is 0 Å². The molecular formula is C24H23ClN3O3S+. The molecule has 2 aromatic carbocycles. The third-order valence-electron chi connectivity index (χ3n) is 5.22. The van der Waals surface area contributed by atoms with Gasteiger partial charge in [0.25, 0.3) is 11.8 Å². The maximum Gasteiger partial charge on any atom is 0.268 e. The fourth-order valence-corrected chi connectivity index (χ4v) is 4.38. The topological polar surface area (TPSA) is 62.5 Å². The van der Waals surface area contributed by atoms with Crippen molar-refractivity contribution in [3.63, 3.8) is 0 Å². The second-order valence-corrected chi connectivity index (χ2v) is 9.66. The first kappa shape index (κ1) is 22.2. The molecule has 3 aromatic rings. The van der Waals surface area contributed by atoms with E-state index in [-0.39, 0.29) is 21.6 Å². The summed E-state index contributed by atoms with van der Waals surface area (Å²) in [6, 6.07) is 14.9. The molecule has 32 heavy (non-hydrogen) atoms. The molecule has 1 aliphatic rings. The smallest absolute Gasteiger partial charge is 0.268 e. The van der Waals surface area contributed by atoms with E-state index in [1.807, 2.05) is 12.1 Å². The van der Waals surface area contributed by atoms with Gasteiger partial charge in [0.05, 0.1) is 21.8 Å². The number of nitrogens with one attached hydrogen (secondary N) is 1. The summed E-state index contributed by atoms with van der Waals surface area (Å²) >= 11 is 7.70. The average molecular weight is 469 g/mol. The van der Waals surface area contributed by atoms with Crippen LogP contribution in [-0.2, 0) is 5.41 Å². The van der Waals surface area contributed by atoms with E-state index in [0.717, 1.165) is 9.80 Å². The number of carbonyl (C=O) groups is 2. The van der Waals surface area contributed by atoms with Crippen LogP contribution in [-0.4, -0.2) is 18.9 Å². The second-order valence-electron chi connectivity index (χ2n) is 8.37. The zero-order valence-corrected chi connectivity index (χ0v) is 19.8. The molecule has 4 rings (SSSR count). The number of amides is 2. The summed E-state index contributed by atoms with van der Waals surface area (Å²) in [6.07, 6.45) is 3.23. The fourth-order valence-electron chi connectivity index (χ4n) is 3.47. The highest BCUT2D eigenvalue weighted by molar-refractivity contribution is 8.00. The number of hydrogen-bond acceptors (Lipinski definition) is 5. The minimum absolute atomic E-state index is 0.0717. The van der Waals surface area contributed by atoms with Gasteiger partial charge in [0, 0.05) is 15.7 Å². The van der Waals surface area contributed by atoms with Crippen molar-refractivity contribution in [3.8, 4) is 0 Å². The van der Waals surface area contributed by atoms with E-state index in [2.05, 4.69) is 37.6 Å². The Balaban J connectivity index is 1.63. The highest BCUT2D eigenvalue weighted by atomic mass is 35.5. The van der Waals surface area contributed by atoms with Crippen LogP contribution < -0.4 is 19.2 Å². The van der Waals surface area contributed by atoms with Crippen LogP contribution in [0.15, 0.2) is 65.8 Å². The highest BCUT2D eigenvalue weighted by Gasteiger charge is 2.41. The molecule has 0 unspecified atom stereocenters. The van der Waals surface area contributed by atoms with Crippen LogP contribution in [0.2, 0.25) is 5.02 Å². The molecule has 0 aliphatic carbocycles. The molecule has 2 amide bonds. The largest absolute Gasteiger partial charge is 0.325 e. The summed E-state index contributed by atoms with van der Waals surface area (Å²) in [5.41, 5.74) is 2.69. The van der Waals surface area contributed by atoms with E-state index in [0.29, 0.717) is 11.4 Å². The molecule has 0 saturated heterocycles. The van der Waals surface area contributed by atoms with Crippen LogP contribution in [0.25, 0.3) is 0 Å². The molecule has 0 bridgehead atoms. The Kier molecular flexibility index (Phi) is 5.88. The number of imide groups is 1. The van der Waals surface area contributed by atoms with Crippen LogP contribution in [0.5, 0.6) is 0 Å². The molecule has 1 aromatic heterocycles. The van der Waals surface area contributed by atoms with E-state index in [1.165, 1.54) is 29.4 Å². The number of rotatable bonds is 5. The van der Waals surface area contributed by atoms with Crippen molar-refractivity contribution in [1.82, 2.24) is 0 Å². The van der Waals surface area contributed by atoms with Gasteiger partial charge in [-0.3, -0.25) is 14.4 Å². The minimum atomic E-state index is -0.466. The van der Waals surface area contributed by atoms with Crippen molar-refractivity contribution in [3.05, 3.63) is 82.6 Å². The fraction of sp³-hybridized carbons (Fsp3) is 0.208. The Morgan fingerprint density at radius 2 is 1.69 bits per heavy atom. The number of halogens is 1. The third kappa shape index (κ3) is 4.06. The standard InChI is InChI=1S/C24H22ClN3O3S/c1-24(2,3)15-7-9-17(10-8-15)32-26-19-12-11-18(25)20-21(19)23(30)28(22(20)29)16-6-5-13-27(14-16)31-4/h5-14H,1-4H3/p+1. The van der Waals surface area contributed by atoms with E-state index < -0.39 is 11.8 Å². The lowest BCUT2D eigenvalue weighted by Crippen LogP contribution is -2.41. The Bertz CT molecular complexity index is 1210. The first-order valence-corrected chi connectivity index (χ1v) is 11.2. The molecule has 1 N–H and O–H groups in total. The van der Waals surface area contributed by atoms with E-state index in [9.17, 15) is 9.59 Å². The van der Waals surface area contributed by atoms with Gasteiger partial charge in [-0.1, -0.05) is 44.5 Å². The molecule has 0 atom stereocenters. The van der Waals surface area contributed by atoms with Gasteiger partial charge in [0.15, 0.2) is 0 Å². The van der Waals surface area contributed by atoms with Crippen molar-refractivity contribution in [2.24, 2.45) is 0 Å². The number of hydrogen-bond donors (Lipinski definition) is 1. The molecule has 6 nitrogen and oxygen atoms in total. The summed E-state index contributed by atoms with van der Waals surface area (Å²) in [5.74, 6) is -0.903. The summed E-state index contributed by atoms with van der Waals surface area (Å²) in [4.78, 5) is 33.7. The van der Waals surface area contributed by atoms with E-state index in [1.54, 1.807) is 36.7 Å². The zero-order valence-electron chi connectivity index (χ0n) is 18.2. The Morgan fingerprint density at radius 3 is 2.34 bits per heavy atom. The van der Waals surface area contributed by atoms with Gasteiger partial charge in [-0.15, -0.1) is 0 Å². The molecule has 164 valence electrons. The van der Waals surface area contributed by atoms with E-state index in [4.69, 9.17) is 16.4 Å². The van der Waals surface area contributed by atoms with Crippen molar-refractivity contribution < 1.29 is 19.2 Å². The average Bonchev–Trinajstić information content (AvgIpc) is 3.04. The summed E-state index contributed by atoms with van der Waals surface area (Å²) in [6.45, 7) is 6.50. The molecule has 8 heteroatoms. The lowest BCUT2D eigenvalue weighted by Gasteiger charge is -2.19. The number of pyridine rings is 1. The quantitative estimate of drug-likeness (QED) is 0.327. The third-order valence-corrected chi connectivity index (χ3v) is 6.36. The molecule has 2 heterocycles. The number of carbonyl (C=O) groups excluding carboxylic acids is 2. The first-order valence-electron chi connectivity index (χ1n) is 10.0. The van der Waals surface area contributed by atoms with Gasteiger partial charge < -0.3 is 4.72 Å². The Morgan fingerprint density at radius 1 is 1.00 bits per heavy atom. The first-order chi connectivity index (χ1) is 15.2. The van der Waals surface area contributed by atoms with Crippen LogP contribution in [0.3, 0.4) is 0 Å². The minimum Gasteiger partial charge on any atom is -0.325 e. The van der Waals surface area contributed by atoms with Crippen LogP contribution in [0, 0.1) is 0 Å². The summed E-state index contributed by atoms with van der Waals surface area (Å²) in [7, 11) is 1.50. The van der Waals surface area contributed by atoms with Crippen molar-refractivity contribution in [2.75, 3.05) is 16.7 Å². The SMILES string of the molecule is CO[n+]1cccc(N2C(=O)c3c(Cl)ccc(NSc4ccc(C(C)(C)C)cc4)c3C2=O)c1. The number of aromatic nitrogens is 1. The normalized spacial score (nSPS) is 13.3. The molecule has 0 radical (unpaired) electrons. The van der Waals surface area contributed by atoms with Crippen LogP contribution >= 0.6 is 23.5 Å². The van der Waals surface area contributed by atoms with Gasteiger partial charge in [-0.25, -0.2) is 4.90 Å². The van der Waals surface area contributed by atoms with Gasteiger partial charge in [-0.05, 0) is 53.3 Å². The van der Waals surface area contributed by atoms with Crippen molar-refractivity contribution >= 4 is 46.7 Å². The molecule has 1 aliphatic heterocycles. The monoisotopic (exact) mass is 468 g/mol. The van der Waals surface area contributed by atoms with Crippen molar-refractivity contribution in [1.29, 1.82) is 0 Å². The van der Waals surface area contributed by atoms with Gasteiger partial charge in [0.2, 0.25) is 12.4 Å². The molecular weight excluding hydrogens is 446 g/mol. The maximum atomic E-state index is 13.3. The van der Waals surface area contributed by atoms with Crippen molar-refractivity contribution in [2.45, 2.75) is 31.1 Å². The van der Waals surface area contributed by atoms with Crippen LogP contribution in [0.4, 0.5) is 11.4 Å². The Labute approximate surface area is 196 Å². The maximum absolute atomic E-state index is 13.3. The number of benzene rings is 2. The molecule has 0 saturated carbocycles. The van der Waals surface area contributed by atoms with Gasteiger partial charge >= 0.3 is 0 Å². The zero-order chi connectivity index (χ0) is 23.0. The number of fused-ring (bicyclic) bond motifs is 1. The predicted molar refractivity (Wildman–Crippen MR) is 126 cm³/mol. The Hall–Kier alpha value is -3.03. The summed E-state index contributed by atoms with van der Waals surface area (Å²) < 4.78 is 4.63. The van der Waals surface area contributed by atoms with E-state index >= 15 is 0 Å². The lowest BCUT2D eigenvalue weighted by molar-refractivity contribution is -0.885. The molecule has 0 fully saturated rings. The predicted octanol–water partition coefficient (Wildman–Crippen LogP) is 4.90. The highest BCUT2D eigenvalue weighted by Crippen LogP contribution is 2.38. The van der Waals surface area contributed by atoms with Gasteiger partial charge in [0.1, 0.15) is 12.8 Å². The van der Waals surface area contributed by atoms with Crippen LogP contribution in [0.1, 0.15) is 47.1 Å². The lowest BCUT2D eigenvalue weighted by atomic mass is 9.87. The molecule has 0 spiro atoms. The number of nitrogens with zero attached hydrogens (tertiary/aromatic N) is 2. The second kappa shape index (κ2) is 8.48. The number of anilines is 2.